The van der Waals surface area contributed by atoms with E-state index < -0.39 is 17.5 Å². The van der Waals surface area contributed by atoms with Crippen molar-refractivity contribution in [2.45, 2.75) is 32.2 Å². The Balaban J connectivity index is 1.70. The van der Waals surface area contributed by atoms with Crippen molar-refractivity contribution in [3.63, 3.8) is 0 Å². The van der Waals surface area contributed by atoms with E-state index in [4.69, 9.17) is 9.15 Å². The van der Waals surface area contributed by atoms with Crippen molar-refractivity contribution >= 4 is 27.8 Å². The molecule has 4 heterocycles. The van der Waals surface area contributed by atoms with Crippen LogP contribution in [0.1, 0.15) is 34.6 Å². The predicted molar refractivity (Wildman–Crippen MR) is 111 cm³/mol. The largest absolute Gasteiger partial charge is 0.426 e. The Bertz CT molecular complexity index is 1530. The molecule has 0 spiro atoms. The summed E-state index contributed by atoms with van der Waals surface area (Å²) < 4.78 is 12.8. The standard InChI is InChI=1S/C24H17NO5/c1-12-9-19(26)30-23-15(12)5-6-18-21(23)16(11-20(27)29-18)17-10-14-4-2-3-13-7-8-25(22(13)14)24(17)28/h2-6,9-10,16H,7-8,11H2,1H3. The summed E-state index contributed by atoms with van der Waals surface area (Å²) in [7, 11) is 0. The van der Waals surface area contributed by atoms with E-state index in [-0.39, 0.29) is 12.0 Å². The fraction of sp³-hybridized carbons (Fsp3) is 0.208. The molecule has 6 rings (SSSR count). The molecule has 2 aliphatic rings. The Kier molecular flexibility index (Phi) is 3.40. The third-order valence-electron chi connectivity index (χ3n) is 6.26. The first-order chi connectivity index (χ1) is 14.5. The molecule has 6 nitrogen and oxygen atoms in total. The van der Waals surface area contributed by atoms with E-state index in [9.17, 15) is 14.4 Å². The minimum atomic E-state index is -0.542. The molecule has 0 saturated heterocycles. The zero-order valence-corrected chi connectivity index (χ0v) is 16.2. The zero-order chi connectivity index (χ0) is 20.6. The van der Waals surface area contributed by atoms with Gasteiger partial charge in [-0.3, -0.25) is 9.59 Å². The number of hydrogen-bond donors (Lipinski definition) is 0. The van der Waals surface area contributed by atoms with Gasteiger partial charge in [-0.1, -0.05) is 18.2 Å². The second-order valence-corrected chi connectivity index (χ2v) is 7.99. The van der Waals surface area contributed by atoms with Gasteiger partial charge in [-0.05, 0) is 48.1 Å². The number of aromatic nitrogens is 1. The number of carbonyl (C=O) groups is 1. The SMILES string of the molecule is Cc1cc(=O)oc2c3c(ccc12)OC(=O)CC3c1cc2cccc3c2n(c1=O)CC3. The Morgan fingerprint density at radius 1 is 1.07 bits per heavy atom. The van der Waals surface area contributed by atoms with Gasteiger partial charge in [0.15, 0.2) is 0 Å². The van der Waals surface area contributed by atoms with E-state index in [1.165, 1.54) is 6.07 Å². The van der Waals surface area contributed by atoms with Crippen LogP contribution < -0.4 is 15.9 Å². The summed E-state index contributed by atoms with van der Waals surface area (Å²) in [5.41, 5.74) is 3.81. The van der Waals surface area contributed by atoms with Gasteiger partial charge in [0.2, 0.25) is 0 Å². The van der Waals surface area contributed by atoms with Gasteiger partial charge in [-0.25, -0.2) is 4.79 Å². The van der Waals surface area contributed by atoms with Crippen molar-refractivity contribution in [3.8, 4) is 5.75 Å². The number of ether oxygens (including phenoxy) is 1. The molecule has 6 heteroatoms. The second-order valence-electron chi connectivity index (χ2n) is 7.99. The van der Waals surface area contributed by atoms with E-state index in [2.05, 4.69) is 0 Å². The lowest BCUT2D eigenvalue weighted by molar-refractivity contribution is -0.135. The lowest BCUT2D eigenvalue weighted by Crippen LogP contribution is -2.29. The van der Waals surface area contributed by atoms with E-state index in [0.717, 1.165) is 33.8 Å². The lowest BCUT2D eigenvalue weighted by Gasteiger charge is -2.25. The highest BCUT2D eigenvalue weighted by atomic mass is 16.5. The molecule has 0 saturated carbocycles. The second kappa shape index (κ2) is 5.92. The highest BCUT2D eigenvalue weighted by Crippen LogP contribution is 2.43. The van der Waals surface area contributed by atoms with E-state index in [1.807, 2.05) is 31.2 Å². The topological polar surface area (TPSA) is 78.5 Å². The maximum absolute atomic E-state index is 13.5. The Morgan fingerprint density at radius 2 is 1.93 bits per heavy atom. The summed E-state index contributed by atoms with van der Waals surface area (Å²) in [5.74, 6) is -0.608. The first-order valence-electron chi connectivity index (χ1n) is 9.94. The van der Waals surface area contributed by atoms with Gasteiger partial charge in [0.05, 0.1) is 11.9 Å². The van der Waals surface area contributed by atoms with Gasteiger partial charge in [0.25, 0.3) is 5.56 Å². The van der Waals surface area contributed by atoms with Crippen LogP contribution >= 0.6 is 0 Å². The van der Waals surface area contributed by atoms with Gasteiger partial charge in [0, 0.05) is 35.0 Å². The fourth-order valence-electron chi connectivity index (χ4n) is 4.94. The van der Waals surface area contributed by atoms with Crippen LogP contribution in [0.15, 0.2) is 56.5 Å². The summed E-state index contributed by atoms with van der Waals surface area (Å²) in [6.07, 6.45) is 0.834. The highest BCUT2D eigenvalue weighted by molar-refractivity contribution is 5.91. The van der Waals surface area contributed by atoms with Crippen molar-refractivity contribution < 1.29 is 13.9 Å². The van der Waals surface area contributed by atoms with Crippen LogP contribution in [0.5, 0.6) is 5.75 Å². The summed E-state index contributed by atoms with van der Waals surface area (Å²) >= 11 is 0. The van der Waals surface area contributed by atoms with Gasteiger partial charge in [-0.2, -0.15) is 0 Å². The lowest BCUT2D eigenvalue weighted by atomic mass is 9.85. The Labute approximate surface area is 170 Å². The molecule has 2 aliphatic heterocycles. The number of hydrogen-bond acceptors (Lipinski definition) is 5. The van der Waals surface area contributed by atoms with E-state index in [1.54, 1.807) is 16.7 Å². The van der Waals surface area contributed by atoms with Crippen LogP contribution in [0.25, 0.3) is 21.9 Å². The summed E-state index contributed by atoms with van der Waals surface area (Å²) in [6.45, 7) is 2.46. The molecule has 0 bridgehead atoms. The number of benzene rings is 2. The molecule has 148 valence electrons. The van der Waals surface area contributed by atoms with Gasteiger partial charge in [-0.15, -0.1) is 0 Å². The number of para-hydroxylation sites is 1. The predicted octanol–water partition coefficient (Wildman–Crippen LogP) is 3.41. The molecular weight excluding hydrogens is 382 g/mol. The Hall–Kier alpha value is -3.67. The summed E-state index contributed by atoms with van der Waals surface area (Å²) in [5, 5.41) is 1.74. The first-order valence-corrected chi connectivity index (χ1v) is 9.94. The van der Waals surface area contributed by atoms with Crippen molar-refractivity contribution in [1.29, 1.82) is 0 Å². The summed E-state index contributed by atoms with van der Waals surface area (Å²) in [6, 6.07) is 12.8. The minimum absolute atomic E-state index is 0.0181. The number of pyridine rings is 1. The molecule has 0 fully saturated rings. The fourth-order valence-corrected chi connectivity index (χ4v) is 4.94. The quantitative estimate of drug-likeness (QED) is 0.278. The highest BCUT2D eigenvalue weighted by Gasteiger charge is 2.34. The smallest absolute Gasteiger partial charge is 0.336 e. The van der Waals surface area contributed by atoms with Crippen LogP contribution in [-0.2, 0) is 17.8 Å². The molecule has 1 unspecified atom stereocenters. The van der Waals surface area contributed by atoms with Crippen LogP contribution in [0.3, 0.4) is 0 Å². The molecule has 1 atom stereocenters. The molecule has 0 aliphatic carbocycles. The van der Waals surface area contributed by atoms with Crippen molar-refractivity contribution in [3.05, 3.63) is 85.5 Å². The number of esters is 1. The van der Waals surface area contributed by atoms with Crippen LogP contribution in [0, 0.1) is 6.92 Å². The molecule has 0 N–H and O–H groups in total. The molecule has 4 aromatic rings. The molecular formula is C24H17NO5. The van der Waals surface area contributed by atoms with Crippen LogP contribution in [-0.4, -0.2) is 10.5 Å². The molecule has 2 aromatic carbocycles. The number of fused-ring (bicyclic) bond motifs is 3. The maximum Gasteiger partial charge on any atom is 0.336 e. The number of nitrogens with zero attached hydrogens (tertiary/aromatic N) is 1. The number of aryl methyl sites for hydroxylation is 3. The number of carbonyl (C=O) groups excluding carboxylic acids is 1. The molecule has 2 aromatic heterocycles. The van der Waals surface area contributed by atoms with Crippen LogP contribution in [0.2, 0.25) is 0 Å². The van der Waals surface area contributed by atoms with Gasteiger partial charge in [0.1, 0.15) is 11.3 Å². The monoisotopic (exact) mass is 399 g/mol. The average Bonchev–Trinajstić information content (AvgIpc) is 3.15. The van der Waals surface area contributed by atoms with Crippen molar-refractivity contribution in [1.82, 2.24) is 4.57 Å². The Morgan fingerprint density at radius 3 is 2.80 bits per heavy atom. The van der Waals surface area contributed by atoms with Crippen molar-refractivity contribution in [2.24, 2.45) is 0 Å². The minimum Gasteiger partial charge on any atom is -0.426 e. The van der Waals surface area contributed by atoms with Crippen molar-refractivity contribution in [2.75, 3.05) is 0 Å². The average molecular weight is 399 g/mol. The third-order valence-corrected chi connectivity index (χ3v) is 6.26. The maximum atomic E-state index is 13.5. The molecule has 0 radical (unpaired) electrons. The molecule has 0 amide bonds. The zero-order valence-electron chi connectivity index (χ0n) is 16.2. The normalized spacial score (nSPS) is 17.4. The molecule has 30 heavy (non-hydrogen) atoms. The van der Waals surface area contributed by atoms with E-state index >= 15 is 0 Å². The number of rotatable bonds is 1. The van der Waals surface area contributed by atoms with Gasteiger partial charge >= 0.3 is 11.6 Å². The van der Waals surface area contributed by atoms with Gasteiger partial charge < -0.3 is 13.7 Å². The van der Waals surface area contributed by atoms with E-state index in [0.29, 0.717) is 29.0 Å². The van der Waals surface area contributed by atoms with Crippen LogP contribution in [0.4, 0.5) is 0 Å². The summed E-state index contributed by atoms with van der Waals surface area (Å²) in [4.78, 5) is 38.0. The third kappa shape index (κ3) is 2.27. The first kappa shape index (κ1) is 17.2.